The summed E-state index contributed by atoms with van der Waals surface area (Å²) in [6.07, 6.45) is 3.90. The molecule has 0 spiro atoms. The number of carbonyl (C=O) groups excluding carboxylic acids is 1. The number of aliphatic carboxylic acids is 1. The van der Waals surface area contributed by atoms with Crippen molar-refractivity contribution in [2.75, 3.05) is 5.32 Å². The zero-order chi connectivity index (χ0) is 22.2. The van der Waals surface area contributed by atoms with Gasteiger partial charge in [-0.05, 0) is 53.3 Å². The lowest BCUT2D eigenvalue weighted by atomic mass is 9.97. The predicted octanol–water partition coefficient (Wildman–Crippen LogP) is 4.59. The van der Waals surface area contributed by atoms with Gasteiger partial charge in [-0.15, -0.1) is 0 Å². The highest BCUT2D eigenvalue weighted by Gasteiger charge is 2.23. The summed E-state index contributed by atoms with van der Waals surface area (Å²) in [7, 11) is 0. The third kappa shape index (κ3) is 6.15. The highest BCUT2D eigenvalue weighted by Crippen LogP contribution is 2.27. The zero-order valence-electron chi connectivity index (χ0n) is 17.7. The maximum Gasteiger partial charge on any atom is 0.326 e. The summed E-state index contributed by atoms with van der Waals surface area (Å²) in [6, 6.07) is 18.0. The number of benzene rings is 2. The number of carbonyl (C=O) groups is 2. The Morgan fingerprint density at radius 2 is 1.81 bits per heavy atom. The van der Waals surface area contributed by atoms with Crippen molar-refractivity contribution >= 4 is 17.6 Å². The van der Waals surface area contributed by atoms with Crippen LogP contribution in [0.25, 0.3) is 11.1 Å². The van der Waals surface area contributed by atoms with Crippen LogP contribution in [0.3, 0.4) is 0 Å². The molecule has 3 aromatic rings. The second-order valence-corrected chi connectivity index (χ2v) is 7.84. The van der Waals surface area contributed by atoms with Crippen molar-refractivity contribution in [3.63, 3.8) is 0 Å². The van der Waals surface area contributed by atoms with Crippen LogP contribution in [0.1, 0.15) is 36.2 Å². The lowest BCUT2D eigenvalue weighted by Gasteiger charge is -2.18. The molecule has 1 atom stereocenters. The first-order valence-electron chi connectivity index (χ1n) is 10.3. The van der Waals surface area contributed by atoms with Crippen molar-refractivity contribution in [3.8, 4) is 11.1 Å². The predicted molar refractivity (Wildman–Crippen MR) is 122 cm³/mol. The number of aromatic nitrogens is 1. The Hall–Kier alpha value is -3.67. The minimum absolute atomic E-state index is 0.147. The van der Waals surface area contributed by atoms with Gasteiger partial charge in [-0.1, -0.05) is 50.2 Å². The van der Waals surface area contributed by atoms with Crippen molar-refractivity contribution in [1.29, 1.82) is 0 Å². The molecule has 0 radical (unpaired) electrons. The Morgan fingerprint density at radius 1 is 1.03 bits per heavy atom. The fraction of sp³-hybridized carbons (Fsp3) is 0.240. The van der Waals surface area contributed by atoms with Crippen LogP contribution in [0.5, 0.6) is 0 Å². The summed E-state index contributed by atoms with van der Waals surface area (Å²) >= 11 is 0. The van der Waals surface area contributed by atoms with Gasteiger partial charge in [0.05, 0.1) is 0 Å². The van der Waals surface area contributed by atoms with Crippen LogP contribution < -0.4 is 10.6 Å². The topological polar surface area (TPSA) is 91.3 Å². The van der Waals surface area contributed by atoms with E-state index in [0.29, 0.717) is 18.5 Å². The van der Waals surface area contributed by atoms with E-state index in [-0.39, 0.29) is 5.92 Å². The van der Waals surface area contributed by atoms with Gasteiger partial charge < -0.3 is 15.7 Å². The van der Waals surface area contributed by atoms with E-state index in [9.17, 15) is 14.7 Å². The van der Waals surface area contributed by atoms with Gasteiger partial charge in [0, 0.05) is 30.2 Å². The average molecular weight is 418 g/mol. The quantitative estimate of drug-likeness (QED) is 0.474. The fourth-order valence-electron chi connectivity index (χ4n) is 3.34. The molecule has 6 nitrogen and oxygen atoms in total. The minimum Gasteiger partial charge on any atom is -0.480 e. The van der Waals surface area contributed by atoms with Gasteiger partial charge in [0.15, 0.2) is 0 Å². The Labute approximate surface area is 182 Å². The maximum absolute atomic E-state index is 13.0. The lowest BCUT2D eigenvalue weighted by Crippen LogP contribution is -2.41. The fourth-order valence-corrected chi connectivity index (χ4v) is 3.34. The SMILES string of the molecule is CC(C)C[C@H](NC(=O)c1ccc(NCc2cccnc2)cc1-c1ccccc1)C(=O)O. The van der Waals surface area contributed by atoms with Crippen molar-refractivity contribution in [3.05, 3.63) is 84.2 Å². The molecule has 6 heteroatoms. The number of carboxylic acids is 1. The first kappa shape index (κ1) is 22.0. The van der Waals surface area contributed by atoms with E-state index in [1.807, 2.05) is 68.4 Å². The molecule has 3 rings (SSSR count). The summed E-state index contributed by atoms with van der Waals surface area (Å²) in [4.78, 5) is 28.7. The first-order chi connectivity index (χ1) is 14.9. The smallest absolute Gasteiger partial charge is 0.326 e. The third-order valence-electron chi connectivity index (χ3n) is 4.88. The molecule has 0 aliphatic carbocycles. The summed E-state index contributed by atoms with van der Waals surface area (Å²) < 4.78 is 0. The monoisotopic (exact) mass is 417 g/mol. The van der Waals surface area contributed by atoms with Crippen molar-refractivity contribution in [1.82, 2.24) is 10.3 Å². The van der Waals surface area contributed by atoms with Gasteiger partial charge in [-0.2, -0.15) is 0 Å². The molecule has 31 heavy (non-hydrogen) atoms. The van der Waals surface area contributed by atoms with Crippen molar-refractivity contribution in [2.24, 2.45) is 5.92 Å². The van der Waals surface area contributed by atoms with E-state index in [1.165, 1.54) is 0 Å². The normalized spacial score (nSPS) is 11.7. The van der Waals surface area contributed by atoms with Crippen molar-refractivity contribution < 1.29 is 14.7 Å². The molecule has 1 amide bonds. The highest BCUT2D eigenvalue weighted by molar-refractivity contribution is 6.03. The van der Waals surface area contributed by atoms with Gasteiger partial charge >= 0.3 is 5.97 Å². The van der Waals surface area contributed by atoms with E-state index in [4.69, 9.17) is 0 Å². The lowest BCUT2D eigenvalue weighted by molar-refractivity contribution is -0.139. The zero-order valence-corrected chi connectivity index (χ0v) is 17.7. The van der Waals surface area contributed by atoms with Crippen LogP contribution in [0.4, 0.5) is 5.69 Å². The van der Waals surface area contributed by atoms with Crippen LogP contribution >= 0.6 is 0 Å². The van der Waals surface area contributed by atoms with Gasteiger partial charge in [-0.3, -0.25) is 9.78 Å². The second kappa shape index (κ2) is 10.4. The number of pyridine rings is 1. The van der Waals surface area contributed by atoms with E-state index in [0.717, 1.165) is 22.4 Å². The molecule has 0 aliphatic heterocycles. The van der Waals surface area contributed by atoms with Crippen LogP contribution in [0, 0.1) is 5.92 Å². The second-order valence-electron chi connectivity index (χ2n) is 7.84. The number of nitrogens with one attached hydrogen (secondary N) is 2. The number of carboxylic acid groups (broad SMARTS) is 1. The summed E-state index contributed by atoms with van der Waals surface area (Å²) in [6.45, 7) is 4.46. The van der Waals surface area contributed by atoms with E-state index in [2.05, 4.69) is 15.6 Å². The molecular weight excluding hydrogens is 390 g/mol. The largest absolute Gasteiger partial charge is 0.480 e. The summed E-state index contributed by atoms with van der Waals surface area (Å²) in [5.74, 6) is -1.28. The Balaban J connectivity index is 1.88. The van der Waals surface area contributed by atoms with Gasteiger partial charge in [0.1, 0.15) is 6.04 Å². The molecule has 0 unspecified atom stereocenters. The number of nitrogens with zero attached hydrogens (tertiary/aromatic N) is 1. The number of hydrogen-bond donors (Lipinski definition) is 3. The van der Waals surface area contributed by atoms with E-state index < -0.39 is 17.9 Å². The third-order valence-corrected chi connectivity index (χ3v) is 4.88. The number of rotatable bonds is 9. The Morgan fingerprint density at radius 3 is 2.45 bits per heavy atom. The molecule has 2 aromatic carbocycles. The highest BCUT2D eigenvalue weighted by atomic mass is 16.4. The molecule has 160 valence electrons. The van der Waals surface area contributed by atoms with Gasteiger partial charge in [0.25, 0.3) is 5.91 Å². The van der Waals surface area contributed by atoms with Crippen LogP contribution in [-0.4, -0.2) is 28.0 Å². The van der Waals surface area contributed by atoms with E-state index in [1.54, 1.807) is 18.5 Å². The average Bonchev–Trinajstić information content (AvgIpc) is 2.78. The van der Waals surface area contributed by atoms with Crippen LogP contribution in [0.2, 0.25) is 0 Å². The number of hydrogen-bond acceptors (Lipinski definition) is 4. The molecule has 0 saturated heterocycles. The number of anilines is 1. The van der Waals surface area contributed by atoms with Gasteiger partial charge in [0.2, 0.25) is 0 Å². The Kier molecular flexibility index (Phi) is 7.38. The number of amides is 1. The molecule has 1 aromatic heterocycles. The maximum atomic E-state index is 13.0. The molecule has 1 heterocycles. The van der Waals surface area contributed by atoms with Crippen molar-refractivity contribution in [2.45, 2.75) is 32.9 Å². The molecule has 0 fully saturated rings. The molecule has 3 N–H and O–H groups in total. The molecule has 0 saturated carbocycles. The van der Waals surface area contributed by atoms with E-state index >= 15 is 0 Å². The molecular formula is C25H27N3O3. The summed E-state index contributed by atoms with van der Waals surface area (Å²) in [5, 5.41) is 15.5. The van der Waals surface area contributed by atoms with Crippen LogP contribution in [0.15, 0.2) is 73.1 Å². The molecule has 0 bridgehead atoms. The standard InChI is InChI=1S/C25H27N3O3/c1-17(2)13-23(25(30)31)28-24(29)21-11-10-20(27-16-18-7-6-12-26-15-18)14-22(21)19-8-4-3-5-9-19/h3-12,14-15,17,23,27H,13,16H2,1-2H3,(H,28,29)(H,30,31)/t23-/m0/s1. The minimum atomic E-state index is -1.03. The Bertz CT molecular complexity index is 1020. The molecule has 0 aliphatic rings. The first-order valence-corrected chi connectivity index (χ1v) is 10.3. The summed E-state index contributed by atoms with van der Waals surface area (Å²) in [5.41, 5.74) is 3.96. The van der Waals surface area contributed by atoms with Crippen LogP contribution in [-0.2, 0) is 11.3 Å². The van der Waals surface area contributed by atoms with Gasteiger partial charge in [-0.25, -0.2) is 4.79 Å².